The first-order valence-corrected chi connectivity index (χ1v) is 6.19. The lowest BCUT2D eigenvalue weighted by Crippen LogP contribution is -2.75. The number of urea groups is 1. The molecule has 0 aromatic rings. The van der Waals surface area contributed by atoms with E-state index >= 15 is 0 Å². The van der Waals surface area contributed by atoms with Crippen molar-refractivity contribution in [3.63, 3.8) is 0 Å². The molecule has 7 nitrogen and oxygen atoms in total. The van der Waals surface area contributed by atoms with Gasteiger partial charge in [-0.2, -0.15) is 4.79 Å². The second kappa shape index (κ2) is 4.82. The number of carbonyl (C=O) groups is 3. The highest BCUT2D eigenvalue weighted by atomic mass is 16.4. The Hall–Kier alpha value is -1.60. The topological polar surface area (TPSA) is 83.8 Å². The van der Waals surface area contributed by atoms with Gasteiger partial charge in [-0.1, -0.05) is 19.0 Å². The van der Waals surface area contributed by atoms with Crippen molar-refractivity contribution in [1.29, 1.82) is 0 Å². The highest BCUT2D eigenvalue weighted by Gasteiger charge is 2.64. The SMILES string of the molecule is CCC(C)C[N+]1(C)C(=O)/C(=N/O)C(=O)[N+](C)(C)C1=O. The summed E-state index contributed by atoms with van der Waals surface area (Å²) in [6.07, 6.45) is 0.807. The molecule has 0 spiro atoms. The third-order valence-corrected chi connectivity index (χ3v) is 3.74. The summed E-state index contributed by atoms with van der Waals surface area (Å²) in [5, 5.41) is 11.7. The van der Waals surface area contributed by atoms with Crippen molar-refractivity contribution in [3.8, 4) is 0 Å². The third-order valence-electron chi connectivity index (χ3n) is 3.74. The van der Waals surface area contributed by atoms with Crippen molar-refractivity contribution in [2.24, 2.45) is 11.1 Å². The summed E-state index contributed by atoms with van der Waals surface area (Å²) in [4.78, 5) is 36.7. The molecule has 2 unspecified atom stereocenters. The van der Waals surface area contributed by atoms with Gasteiger partial charge in [0.2, 0.25) is 0 Å². The van der Waals surface area contributed by atoms with Gasteiger partial charge in [0, 0.05) is 5.92 Å². The Bertz CT molecular complexity index is 470. The van der Waals surface area contributed by atoms with Gasteiger partial charge in [0.25, 0.3) is 0 Å². The van der Waals surface area contributed by atoms with Crippen LogP contribution in [0.2, 0.25) is 0 Å². The number of quaternary nitrogens is 2. The fraction of sp³-hybridized carbons (Fsp3) is 0.667. The molecule has 0 radical (unpaired) electrons. The summed E-state index contributed by atoms with van der Waals surface area (Å²) in [5.74, 6) is -1.39. The molecule has 1 fully saturated rings. The van der Waals surface area contributed by atoms with Crippen LogP contribution in [0.4, 0.5) is 4.79 Å². The molecular formula is C12H21N3O4+2. The summed E-state index contributed by atoms with van der Waals surface area (Å²) in [6, 6.07) is -0.511. The second-order valence-corrected chi connectivity index (χ2v) is 5.68. The predicted molar refractivity (Wildman–Crippen MR) is 67.2 cm³/mol. The number of nitrogens with zero attached hydrogens (tertiary/aromatic N) is 3. The molecule has 7 heteroatoms. The third kappa shape index (κ3) is 2.19. The lowest BCUT2D eigenvalue weighted by Gasteiger charge is -2.37. The van der Waals surface area contributed by atoms with Crippen LogP contribution in [0.25, 0.3) is 0 Å². The Labute approximate surface area is 112 Å². The Balaban J connectivity index is 3.35. The van der Waals surface area contributed by atoms with E-state index in [1.807, 2.05) is 13.8 Å². The molecule has 1 heterocycles. The summed E-state index contributed by atoms with van der Waals surface area (Å²) in [6.45, 7) is 4.17. The maximum Gasteiger partial charge on any atom is 0.529 e. The molecule has 1 rings (SSSR count). The largest absolute Gasteiger partial charge is 0.529 e. The molecule has 19 heavy (non-hydrogen) atoms. The number of hydrogen-bond acceptors (Lipinski definition) is 5. The van der Waals surface area contributed by atoms with Crippen molar-refractivity contribution in [2.45, 2.75) is 20.3 Å². The average Bonchev–Trinajstić information content (AvgIpc) is 2.36. The van der Waals surface area contributed by atoms with Crippen molar-refractivity contribution >= 4 is 23.6 Å². The number of amides is 4. The van der Waals surface area contributed by atoms with Crippen molar-refractivity contribution in [1.82, 2.24) is 0 Å². The van der Waals surface area contributed by atoms with Crippen LogP contribution in [0.1, 0.15) is 20.3 Å². The maximum absolute atomic E-state index is 12.5. The van der Waals surface area contributed by atoms with Gasteiger partial charge in [0.05, 0.1) is 21.1 Å². The molecule has 0 aliphatic carbocycles. The fourth-order valence-corrected chi connectivity index (χ4v) is 2.31. The molecule has 1 saturated heterocycles. The van der Waals surface area contributed by atoms with E-state index < -0.39 is 32.5 Å². The number of carbonyl (C=O) groups excluding carboxylic acids is 3. The molecule has 1 aliphatic rings. The van der Waals surface area contributed by atoms with E-state index in [2.05, 4.69) is 5.16 Å². The van der Waals surface area contributed by atoms with Crippen LogP contribution in [0.15, 0.2) is 5.16 Å². The number of imide groups is 2. The summed E-state index contributed by atoms with van der Waals surface area (Å²) in [7, 11) is 4.26. The van der Waals surface area contributed by atoms with Crippen LogP contribution in [0.3, 0.4) is 0 Å². The van der Waals surface area contributed by atoms with Gasteiger partial charge in [-0.05, 0) is 6.42 Å². The Kier molecular flexibility index (Phi) is 3.92. The van der Waals surface area contributed by atoms with E-state index in [0.717, 1.165) is 6.42 Å². The highest BCUT2D eigenvalue weighted by molar-refractivity contribution is 6.64. The smallest absolute Gasteiger partial charge is 0.410 e. The first-order chi connectivity index (χ1) is 8.62. The normalized spacial score (nSPS) is 30.8. The zero-order valence-electron chi connectivity index (χ0n) is 12.0. The molecule has 1 N–H and O–H groups in total. The second-order valence-electron chi connectivity index (χ2n) is 5.68. The summed E-state index contributed by atoms with van der Waals surface area (Å²) >= 11 is 0. The van der Waals surface area contributed by atoms with Crippen LogP contribution in [-0.4, -0.2) is 65.4 Å². The van der Waals surface area contributed by atoms with Crippen LogP contribution in [-0.2, 0) is 9.59 Å². The zero-order valence-corrected chi connectivity index (χ0v) is 12.0. The molecule has 1 aliphatic heterocycles. The number of oxime groups is 1. The van der Waals surface area contributed by atoms with Crippen LogP contribution in [0.5, 0.6) is 0 Å². The summed E-state index contributed by atoms with van der Waals surface area (Å²) in [5.41, 5.74) is -0.560. The molecule has 0 aromatic heterocycles. The molecular weight excluding hydrogens is 250 g/mol. The van der Waals surface area contributed by atoms with E-state index in [1.165, 1.54) is 21.1 Å². The minimum Gasteiger partial charge on any atom is -0.410 e. The lowest BCUT2D eigenvalue weighted by atomic mass is 10.0. The molecule has 4 amide bonds. The average molecular weight is 271 g/mol. The monoisotopic (exact) mass is 271 g/mol. The lowest BCUT2D eigenvalue weighted by molar-refractivity contribution is -0.873. The van der Waals surface area contributed by atoms with Gasteiger partial charge in [0.1, 0.15) is 6.54 Å². The number of hydrogen-bond donors (Lipinski definition) is 1. The Morgan fingerprint density at radius 1 is 1.16 bits per heavy atom. The van der Waals surface area contributed by atoms with E-state index in [9.17, 15) is 14.4 Å². The highest BCUT2D eigenvalue weighted by Crippen LogP contribution is 2.24. The summed E-state index contributed by atoms with van der Waals surface area (Å²) < 4.78 is -1.18. The molecule has 106 valence electrons. The van der Waals surface area contributed by atoms with E-state index in [-0.39, 0.29) is 12.5 Å². The van der Waals surface area contributed by atoms with E-state index in [1.54, 1.807) is 0 Å². The predicted octanol–water partition coefficient (Wildman–Crippen LogP) is 0.572. The van der Waals surface area contributed by atoms with Crippen molar-refractivity contribution in [3.05, 3.63) is 0 Å². The first-order valence-electron chi connectivity index (χ1n) is 6.19. The van der Waals surface area contributed by atoms with Gasteiger partial charge in [-0.15, -0.1) is 8.97 Å². The van der Waals surface area contributed by atoms with Crippen LogP contribution < -0.4 is 0 Å². The van der Waals surface area contributed by atoms with Crippen LogP contribution in [0, 0.1) is 5.92 Å². The Morgan fingerprint density at radius 3 is 2.11 bits per heavy atom. The zero-order chi connectivity index (χ0) is 15.0. The molecule has 0 bridgehead atoms. The molecule has 0 saturated carbocycles. The van der Waals surface area contributed by atoms with Crippen molar-refractivity contribution < 1.29 is 28.6 Å². The molecule has 0 aromatic carbocycles. The van der Waals surface area contributed by atoms with E-state index in [4.69, 9.17) is 5.21 Å². The standard InChI is InChI=1S/C12H20N3O4/c1-6-8(2)7-15(5)11(17)9(13-19)10(16)14(3,4)12(15)18/h8H,6-7H2,1-5H3/q+1/p+1. The minimum absolute atomic E-state index is 0.131. The Morgan fingerprint density at radius 2 is 1.68 bits per heavy atom. The van der Waals surface area contributed by atoms with E-state index in [0.29, 0.717) is 0 Å². The van der Waals surface area contributed by atoms with Crippen molar-refractivity contribution in [2.75, 3.05) is 27.7 Å². The van der Waals surface area contributed by atoms with Gasteiger partial charge >= 0.3 is 23.6 Å². The number of rotatable bonds is 3. The minimum atomic E-state index is -0.780. The molecule has 2 atom stereocenters. The van der Waals surface area contributed by atoms with Gasteiger partial charge < -0.3 is 5.21 Å². The number of barbiturate groups is 1. The van der Waals surface area contributed by atoms with Gasteiger partial charge in [0.15, 0.2) is 0 Å². The van der Waals surface area contributed by atoms with Crippen LogP contribution >= 0.6 is 0 Å². The van der Waals surface area contributed by atoms with Gasteiger partial charge in [-0.25, -0.2) is 9.59 Å². The first kappa shape index (κ1) is 15.5. The quantitative estimate of drug-likeness (QED) is 0.462. The maximum atomic E-state index is 12.5. The fourth-order valence-electron chi connectivity index (χ4n) is 2.31. The van der Waals surface area contributed by atoms with Gasteiger partial charge in [-0.3, -0.25) is 0 Å².